The van der Waals surface area contributed by atoms with E-state index in [1.54, 1.807) is 0 Å². The van der Waals surface area contributed by atoms with Crippen molar-refractivity contribution in [3.05, 3.63) is 0 Å². The van der Waals surface area contributed by atoms with Crippen LogP contribution < -0.4 is 0 Å². The third-order valence-corrected chi connectivity index (χ3v) is 4.30. The van der Waals surface area contributed by atoms with Crippen molar-refractivity contribution in [2.24, 2.45) is 5.41 Å². The van der Waals surface area contributed by atoms with Gasteiger partial charge in [-0.3, -0.25) is 4.79 Å². The van der Waals surface area contributed by atoms with Crippen LogP contribution >= 0.6 is 0 Å². The lowest BCUT2D eigenvalue weighted by atomic mass is 9.78. The van der Waals surface area contributed by atoms with Crippen molar-refractivity contribution in [2.45, 2.75) is 44.6 Å². The Morgan fingerprint density at radius 3 is 2.58 bits per heavy atom. The SMILES string of the molecule is N#CC1(C(=O)N(CCCO)C2CCC2)CCOCC1. The Labute approximate surface area is 114 Å². The molecule has 19 heavy (non-hydrogen) atoms. The summed E-state index contributed by atoms with van der Waals surface area (Å²) < 4.78 is 5.28. The third-order valence-electron chi connectivity index (χ3n) is 4.30. The molecule has 0 aromatic carbocycles. The summed E-state index contributed by atoms with van der Waals surface area (Å²) in [6, 6.07) is 2.51. The van der Waals surface area contributed by atoms with Crippen LogP contribution in [-0.2, 0) is 9.53 Å². The van der Waals surface area contributed by atoms with E-state index in [1.807, 2.05) is 4.90 Å². The molecular weight excluding hydrogens is 244 g/mol. The second kappa shape index (κ2) is 6.36. The largest absolute Gasteiger partial charge is 0.396 e. The molecule has 1 heterocycles. The first-order chi connectivity index (χ1) is 9.23. The second-order valence-corrected chi connectivity index (χ2v) is 5.47. The molecule has 1 amide bonds. The van der Waals surface area contributed by atoms with Crippen LogP contribution in [0.1, 0.15) is 38.5 Å². The number of amides is 1. The van der Waals surface area contributed by atoms with Crippen LogP contribution in [0.15, 0.2) is 0 Å². The maximum Gasteiger partial charge on any atom is 0.243 e. The average Bonchev–Trinajstić information content (AvgIpc) is 2.41. The van der Waals surface area contributed by atoms with Crippen LogP contribution in [0, 0.1) is 16.7 Å². The number of nitrogens with zero attached hydrogens (tertiary/aromatic N) is 2. The Bertz CT molecular complexity index is 354. The highest BCUT2D eigenvalue weighted by Crippen LogP contribution is 2.35. The van der Waals surface area contributed by atoms with Gasteiger partial charge in [0.15, 0.2) is 0 Å². The molecule has 0 atom stereocenters. The first-order valence-electron chi connectivity index (χ1n) is 7.14. The van der Waals surface area contributed by atoms with E-state index < -0.39 is 5.41 Å². The summed E-state index contributed by atoms with van der Waals surface area (Å²) in [6.45, 7) is 1.61. The highest BCUT2D eigenvalue weighted by atomic mass is 16.5. The maximum absolute atomic E-state index is 12.8. The number of rotatable bonds is 5. The summed E-state index contributed by atoms with van der Waals surface area (Å²) in [5.41, 5.74) is -0.900. The zero-order chi connectivity index (χ0) is 13.7. The Morgan fingerprint density at radius 2 is 2.11 bits per heavy atom. The zero-order valence-electron chi connectivity index (χ0n) is 11.3. The van der Waals surface area contributed by atoms with Crippen LogP contribution in [0.3, 0.4) is 0 Å². The highest BCUT2D eigenvalue weighted by molar-refractivity contribution is 5.86. The quantitative estimate of drug-likeness (QED) is 0.808. The molecular formula is C14H22N2O3. The van der Waals surface area contributed by atoms with Gasteiger partial charge in [-0.2, -0.15) is 5.26 Å². The van der Waals surface area contributed by atoms with Crippen LogP contribution in [0.25, 0.3) is 0 Å². The normalized spacial score (nSPS) is 22.3. The number of carbonyl (C=O) groups excluding carboxylic acids is 1. The molecule has 0 aromatic rings. The van der Waals surface area contributed by atoms with Crippen molar-refractivity contribution in [1.82, 2.24) is 4.90 Å². The molecule has 0 bridgehead atoms. The van der Waals surface area contributed by atoms with E-state index in [4.69, 9.17) is 9.84 Å². The zero-order valence-corrected chi connectivity index (χ0v) is 11.3. The number of aliphatic hydroxyl groups is 1. The molecule has 1 N–H and O–H groups in total. The van der Waals surface area contributed by atoms with Gasteiger partial charge in [0, 0.05) is 32.4 Å². The fourth-order valence-corrected chi connectivity index (χ4v) is 2.76. The molecule has 0 spiro atoms. The van der Waals surface area contributed by atoms with Crippen molar-refractivity contribution in [3.8, 4) is 6.07 Å². The van der Waals surface area contributed by atoms with Crippen LogP contribution in [0.5, 0.6) is 0 Å². The molecule has 1 aliphatic heterocycles. The first kappa shape index (κ1) is 14.3. The minimum atomic E-state index is -0.900. The van der Waals surface area contributed by atoms with E-state index in [9.17, 15) is 10.1 Å². The number of carbonyl (C=O) groups is 1. The summed E-state index contributed by atoms with van der Waals surface area (Å²) in [6.07, 6.45) is 4.76. The highest BCUT2D eigenvalue weighted by Gasteiger charge is 2.45. The van der Waals surface area contributed by atoms with Gasteiger partial charge in [-0.15, -0.1) is 0 Å². The number of ether oxygens (including phenoxy) is 1. The lowest BCUT2D eigenvalue weighted by molar-refractivity contribution is -0.147. The van der Waals surface area contributed by atoms with Gasteiger partial charge in [-0.05, 0) is 38.5 Å². The third kappa shape index (κ3) is 2.90. The lowest BCUT2D eigenvalue weighted by Crippen LogP contribution is -2.52. The van der Waals surface area contributed by atoms with E-state index in [0.29, 0.717) is 39.0 Å². The topological polar surface area (TPSA) is 73.6 Å². The number of aliphatic hydroxyl groups excluding tert-OH is 1. The summed E-state index contributed by atoms with van der Waals surface area (Å²) in [4.78, 5) is 14.6. The monoisotopic (exact) mass is 266 g/mol. The molecule has 2 fully saturated rings. The molecule has 0 radical (unpaired) electrons. The Hall–Kier alpha value is -1.12. The molecule has 2 rings (SSSR count). The number of nitriles is 1. The van der Waals surface area contributed by atoms with Crippen molar-refractivity contribution in [1.29, 1.82) is 5.26 Å². The van der Waals surface area contributed by atoms with Gasteiger partial charge < -0.3 is 14.7 Å². The smallest absolute Gasteiger partial charge is 0.243 e. The summed E-state index contributed by atoms with van der Waals surface area (Å²) in [5.74, 6) is -0.0450. The number of hydrogen-bond acceptors (Lipinski definition) is 4. The lowest BCUT2D eigenvalue weighted by Gasteiger charge is -2.42. The van der Waals surface area contributed by atoms with Crippen LogP contribution in [0.4, 0.5) is 0 Å². The van der Waals surface area contributed by atoms with Gasteiger partial charge >= 0.3 is 0 Å². The maximum atomic E-state index is 12.8. The van der Waals surface area contributed by atoms with E-state index in [1.165, 1.54) is 0 Å². The molecule has 106 valence electrons. The van der Waals surface area contributed by atoms with Gasteiger partial charge in [-0.25, -0.2) is 0 Å². The van der Waals surface area contributed by atoms with Crippen LogP contribution in [-0.4, -0.2) is 48.3 Å². The predicted octanol–water partition coefficient (Wildman–Crippen LogP) is 1.07. The van der Waals surface area contributed by atoms with Crippen molar-refractivity contribution in [2.75, 3.05) is 26.4 Å². The van der Waals surface area contributed by atoms with E-state index in [2.05, 4.69) is 6.07 Å². The summed E-state index contributed by atoms with van der Waals surface area (Å²) in [5, 5.41) is 18.4. The molecule has 0 aromatic heterocycles. The second-order valence-electron chi connectivity index (χ2n) is 5.47. The fraction of sp³-hybridized carbons (Fsp3) is 0.857. The van der Waals surface area contributed by atoms with Gasteiger partial charge in [0.05, 0.1) is 6.07 Å². The van der Waals surface area contributed by atoms with Gasteiger partial charge in [0.25, 0.3) is 0 Å². The molecule has 5 heteroatoms. The minimum Gasteiger partial charge on any atom is -0.396 e. The molecule has 1 saturated carbocycles. The van der Waals surface area contributed by atoms with Crippen LogP contribution in [0.2, 0.25) is 0 Å². The van der Waals surface area contributed by atoms with Gasteiger partial charge in [0.2, 0.25) is 5.91 Å². The molecule has 1 saturated heterocycles. The first-order valence-corrected chi connectivity index (χ1v) is 7.14. The van der Waals surface area contributed by atoms with E-state index >= 15 is 0 Å². The molecule has 5 nitrogen and oxygen atoms in total. The Kier molecular flexibility index (Phi) is 4.78. The Balaban J connectivity index is 2.10. The number of hydrogen-bond donors (Lipinski definition) is 1. The minimum absolute atomic E-state index is 0.0450. The molecule has 0 unspecified atom stereocenters. The van der Waals surface area contributed by atoms with Crippen molar-refractivity contribution in [3.63, 3.8) is 0 Å². The van der Waals surface area contributed by atoms with Gasteiger partial charge in [-0.1, -0.05) is 0 Å². The molecule has 1 aliphatic carbocycles. The Morgan fingerprint density at radius 1 is 1.42 bits per heavy atom. The van der Waals surface area contributed by atoms with E-state index in [0.717, 1.165) is 19.3 Å². The standard InChI is InChI=1S/C14H22N2O3/c15-11-14(5-9-19-10-6-14)13(18)16(7-2-8-17)12-3-1-4-12/h12,17H,1-10H2. The average molecular weight is 266 g/mol. The summed E-state index contributed by atoms with van der Waals surface area (Å²) >= 11 is 0. The summed E-state index contributed by atoms with van der Waals surface area (Å²) in [7, 11) is 0. The van der Waals surface area contributed by atoms with Crippen molar-refractivity contribution < 1.29 is 14.6 Å². The van der Waals surface area contributed by atoms with Gasteiger partial charge in [0.1, 0.15) is 5.41 Å². The fourth-order valence-electron chi connectivity index (χ4n) is 2.76. The van der Waals surface area contributed by atoms with E-state index in [-0.39, 0.29) is 18.6 Å². The molecule has 2 aliphatic rings. The van der Waals surface area contributed by atoms with Crippen molar-refractivity contribution >= 4 is 5.91 Å². The predicted molar refractivity (Wildman–Crippen MR) is 69.2 cm³/mol.